The van der Waals surface area contributed by atoms with Gasteiger partial charge in [-0.1, -0.05) is 6.42 Å². The molecule has 1 aliphatic rings. The smallest absolute Gasteiger partial charge is 0.0608 e. The molecule has 96 valence electrons. The van der Waals surface area contributed by atoms with Gasteiger partial charge in [-0.15, -0.1) is 0 Å². The zero-order valence-corrected chi connectivity index (χ0v) is 11.1. The first-order valence-corrected chi connectivity index (χ1v) is 6.62. The summed E-state index contributed by atoms with van der Waals surface area (Å²) in [4.78, 5) is 2.59. The summed E-state index contributed by atoms with van der Waals surface area (Å²) in [6, 6.07) is 1.42. The van der Waals surface area contributed by atoms with E-state index in [1.807, 2.05) is 6.92 Å². The summed E-state index contributed by atoms with van der Waals surface area (Å²) in [7, 11) is 0. The Hall–Kier alpha value is -0.120. The van der Waals surface area contributed by atoms with Crippen LogP contribution in [-0.2, 0) is 0 Å². The fourth-order valence-electron chi connectivity index (χ4n) is 2.66. The lowest BCUT2D eigenvalue weighted by atomic mass is 9.95. The van der Waals surface area contributed by atoms with Gasteiger partial charge in [0.1, 0.15) is 0 Å². The molecule has 0 saturated carbocycles. The van der Waals surface area contributed by atoms with Crippen LogP contribution in [0.25, 0.3) is 0 Å². The Balaban J connectivity index is 2.30. The maximum absolute atomic E-state index is 9.10. The number of nitrogens with two attached hydrogens (primary N) is 1. The number of hydrogen-bond acceptors (Lipinski definition) is 3. The van der Waals surface area contributed by atoms with E-state index in [1.165, 1.54) is 19.3 Å². The zero-order chi connectivity index (χ0) is 12.2. The van der Waals surface area contributed by atoms with Gasteiger partial charge < -0.3 is 10.8 Å². The van der Waals surface area contributed by atoms with Gasteiger partial charge in [-0.05, 0) is 53.0 Å². The lowest BCUT2D eigenvalue weighted by molar-refractivity contribution is 0.0961. The van der Waals surface area contributed by atoms with Crippen molar-refractivity contribution in [3.05, 3.63) is 0 Å². The predicted molar refractivity (Wildman–Crippen MR) is 68.4 cm³/mol. The quantitative estimate of drug-likeness (QED) is 0.753. The Kier molecular flexibility index (Phi) is 5.22. The first kappa shape index (κ1) is 13.9. The van der Waals surface area contributed by atoms with Gasteiger partial charge in [0.2, 0.25) is 0 Å². The van der Waals surface area contributed by atoms with E-state index in [0.29, 0.717) is 12.1 Å². The molecule has 1 rings (SSSR count). The number of piperidine rings is 1. The van der Waals surface area contributed by atoms with Crippen LogP contribution in [0.5, 0.6) is 0 Å². The fraction of sp³-hybridized carbons (Fsp3) is 1.00. The second-order valence-corrected chi connectivity index (χ2v) is 5.78. The highest BCUT2D eigenvalue weighted by atomic mass is 16.3. The van der Waals surface area contributed by atoms with Crippen molar-refractivity contribution in [2.45, 2.75) is 70.5 Å². The van der Waals surface area contributed by atoms with E-state index >= 15 is 0 Å². The van der Waals surface area contributed by atoms with Crippen molar-refractivity contribution < 1.29 is 5.11 Å². The van der Waals surface area contributed by atoms with Gasteiger partial charge in [-0.3, -0.25) is 4.90 Å². The second-order valence-electron chi connectivity index (χ2n) is 5.78. The van der Waals surface area contributed by atoms with Crippen molar-refractivity contribution in [2.24, 2.45) is 5.73 Å². The molecule has 3 heteroatoms. The van der Waals surface area contributed by atoms with E-state index < -0.39 is 5.54 Å². The molecule has 1 unspecified atom stereocenters. The highest BCUT2D eigenvalue weighted by molar-refractivity contribution is 4.82. The van der Waals surface area contributed by atoms with Crippen LogP contribution in [0.2, 0.25) is 0 Å². The largest absolute Gasteiger partial charge is 0.394 e. The van der Waals surface area contributed by atoms with Crippen LogP contribution in [0.3, 0.4) is 0 Å². The first-order valence-electron chi connectivity index (χ1n) is 6.62. The van der Waals surface area contributed by atoms with Crippen LogP contribution in [0.1, 0.15) is 52.9 Å². The first-order chi connectivity index (χ1) is 7.46. The summed E-state index contributed by atoms with van der Waals surface area (Å²) in [6.45, 7) is 7.77. The number of likely N-dealkylation sites (tertiary alicyclic amines) is 1. The molecule has 0 radical (unpaired) electrons. The van der Waals surface area contributed by atoms with Gasteiger partial charge >= 0.3 is 0 Å². The standard InChI is InChI=1S/C13H28N2O/c1-11-6-4-7-12(2)15(11)9-5-8-13(3,14)10-16/h11-12,16H,4-10,14H2,1-3H3/t11-,12+,13?. The van der Waals surface area contributed by atoms with Crippen molar-refractivity contribution in [1.82, 2.24) is 4.90 Å². The predicted octanol–water partition coefficient (Wildman–Crippen LogP) is 1.74. The van der Waals surface area contributed by atoms with Gasteiger partial charge in [-0.2, -0.15) is 0 Å². The molecule has 3 atom stereocenters. The molecule has 0 aliphatic carbocycles. The molecular formula is C13H28N2O. The molecule has 0 aromatic heterocycles. The van der Waals surface area contributed by atoms with E-state index in [4.69, 9.17) is 10.8 Å². The molecule has 3 nitrogen and oxygen atoms in total. The summed E-state index contributed by atoms with van der Waals surface area (Å²) in [5, 5.41) is 9.10. The topological polar surface area (TPSA) is 49.5 Å². The van der Waals surface area contributed by atoms with Crippen molar-refractivity contribution in [3.8, 4) is 0 Å². The van der Waals surface area contributed by atoms with E-state index in [0.717, 1.165) is 19.4 Å². The maximum Gasteiger partial charge on any atom is 0.0608 e. The highest BCUT2D eigenvalue weighted by Crippen LogP contribution is 2.23. The van der Waals surface area contributed by atoms with Crippen LogP contribution >= 0.6 is 0 Å². The lowest BCUT2D eigenvalue weighted by Gasteiger charge is -2.39. The SMILES string of the molecule is C[C@@H]1CCC[C@H](C)N1CCCC(C)(N)CO. The van der Waals surface area contributed by atoms with E-state index in [-0.39, 0.29) is 6.61 Å². The third-order valence-electron chi connectivity index (χ3n) is 3.90. The molecule has 0 spiro atoms. The summed E-state index contributed by atoms with van der Waals surface area (Å²) in [5.74, 6) is 0. The number of nitrogens with zero attached hydrogens (tertiary/aromatic N) is 1. The van der Waals surface area contributed by atoms with Crippen molar-refractivity contribution in [2.75, 3.05) is 13.2 Å². The molecule has 1 saturated heterocycles. The fourth-order valence-corrected chi connectivity index (χ4v) is 2.66. The van der Waals surface area contributed by atoms with Crippen molar-refractivity contribution in [3.63, 3.8) is 0 Å². The van der Waals surface area contributed by atoms with E-state index in [9.17, 15) is 0 Å². The third kappa shape index (κ3) is 4.04. The Labute approximate surface area is 100 Å². The number of rotatable bonds is 5. The van der Waals surface area contributed by atoms with Crippen LogP contribution in [0, 0.1) is 0 Å². The molecular weight excluding hydrogens is 200 g/mol. The van der Waals surface area contributed by atoms with E-state index in [1.54, 1.807) is 0 Å². The van der Waals surface area contributed by atoms with Crippen molar-refractivity contribution in [1.29, 1.82) is 0 Å². The molecule has 0 aromatic rings. The summed E-state index contributed by atoms with van der Waals surface area (Å²) < 4.78 is 0. The summed E-state index contributed by atoms with van der Waals surface area (Å²) in [6.07, 6.45) is 6.00. The molecule has 1 fully saturated rings. The average Bonchev–Trinajstić information content (AvgIpc) is 2.22. The van der Waals surface area contributed by atoms with Crippen LogP contribution in [-0.4, -0.2) is 40.8 Å². The monoisotopic (exact) mass is 228 g/mol. The Morgan fingerprint density at radius 2 is 1.88 bits per heavy atom. The summed E-state index contributed by atoms with van der Waals surface area (Å²) in [5.41, 5.74) is 5.53. The van der Waals surface area contributed by atoms with Gasteiger partial charge in [0.05, 0.1) is 6.61 Å². The number of aliphatic hydroxyl groups is 1. The average molecular weight is 228 g/mol. The molecule has 0 aromatic carbocycles. The van der Waals surface area contributed by atoms with E-state index in [2.05, 4.69) is 18.7 Å². The molecule has 16 heavy (non-hydrogen) atoms. The molecule has 0 amide bonds. The highest BCUT2D eigenvalue weighted by Gasteiger charge is 2.25. The second kappa shape index (κ2) is 5.99. The minimum Gasteiger partial charge on any atom is -0.394 e. The molecule has 3 N–H and O–H groups in total. The van der Waals surface area contributed by atoms with Crippen LogP contribution < -0.4 is 5.73 Å². The summed E-state index contributed by atoms with van der Waals surface area (Å²) >= 11 is 0. The third-order valence-corrected chi connectivity index (χ3v) is 3.90. The molecule has 0 bridgehead atoms. The Bertz CT molecular complexity index is 196. The van der Waals surface area contributed by atoms with Gasteiger partial charge in [0, 0.05) is 17.6 Å². The molecule has 1 aliphatic heterocycles. The van der Waals surface area contributed by atoms with Crippen LogP contribution in [0.4, 0.5) is 0 Å². The zero-order valence-electron chi connectivity index (χ0n) is 11.1. The molecule has 1 heterocycles. The minimum atomic E-state index is -0.401. The number of aliphatic hydroxyl groups excluding tert-OH is 1. The Morgan fingerprint density at radius 1 is 1.31 bits per heavy atom. The van der Waals surface area contributed by atoms with Gasteiger partial charge in [-0.25, -0.2) is 0 Å². The van der Waals surface area contributed by atoms with Gasteiger partial charge in [0.25, 0.3) is 0 Å². The normalized spacial score (nSPS) is 31.3. The van der Waals surface area contributed by atoms with Gasteiger partial charge in [0.15, 0.2) is 0 Å². The minimum absolute atomic E-state index is 0.0815. The lowest BCUT2D eigenvalue weighted by Crippen LogP contribution is -2.45. The van der Waals surface area contributed by atoms with Crippen molar-refractivity contribution >= 4 is 0 Å². The Morgan fingerprint density at radius 3 is 2.38 bits per heavy atom. The maximum atomic E-state index is 9.10. The number of hydrogen-bond donors (Lipinski definition) is 2. The van der Waals surface area contributed by atoms with Crippen LogP contribution in [0.15, 0.2) is 0 Å².